The minimum absolute atomic E-state index is 0.0989. The van der Waals surface area contributed by atoms with Crippen LogP contribution in [-0.2, 0) is 54.4 Å². The summed E-state index contributed by atoms with van der Waals surface area (Å²) in [7, 11) is 5.96. The standard InChI is InChI=1S/C57H87FN8O12/c1-14-16-17-20-45(67)63-49(34(3)4)55(73)59-31-46(68)62-42-27-21-39(22-28-42)33-78-57(75)65(11)50(35(5)6)56(74)60-32-48(70)64(10)51(36(7)15-2)44(76-12)30-47(69)66-29-18-19-43(66)53(77-13)37(8)54(72)61-38(9)52(71)40-23-25-41(58)26-24-40/h21-28,34-38,43-44,49-51,53H,14-20,29-33H2,1-13H3,(H,59,73)(H,60,74)(H,61,72)(H,62,68)(H,63,67)/t36-,37+,38-,43-,44+,49?,50?,51?,53+/m0/s1. The smallest absolute Gasteiger partial charge is 0.410 e. The molecule has 0 radical (unpaired) electrons. The number of carbonyl (C=O) groups is 9. The van der Waals surface area contributed by atoms with Crippen molar-refractivity contribution in [2.24, 2.45) is 23.7 Å². The summed E-state index contributed by atoms with van der Waals surface area (Å²) in [6.07, 6.45) is 2.41. The molecular weight excluding hydrogens is 1010 g/mol. The Morgan fingerprint density at radius 2 is 1.38 bits per heavy atom. The highest BCUT2D eigenvalue weighted by molar-refractivity contribution is 6.02. The summed E-state index contributed by atoms with van der Waals surface area (Å²) in [5.41, 5.74) is 1.27. The molecule has 2 aromatic carbocycles. The van der Waals surface area contributed by atoms with Crippen LogP contribution < -0.4 is 26.6 Å². The maximum Gasteiger partial charge on any atom is 0.410 e. The van der Waals surface area contributed by atoms with Gasteiger partial charge in [0, 0.05) is 52.5 Å². The van der Waals surface area contributed by atoms with Crippen molar-refractivity contribution in [1.29, 1.82) is 0 Å². The van der Waals surface area contributed by atoms with E-state index in [-0.39, 0.29) is 54.6 Å². The van der Waals surface area contributed by atoms with Crippen LogP contribution in [0.5, 0.6) is 0 Å². The number of Topliss-reactive ketones (excluding diaryl/α,β-unsaturated/α-hetero) is 1. The zero-order chi connectivity index (χ0) is 58.4. The van der Waals surface area contributed by atoms with Crippen molar-refractivity contribution in [3.8, 4) is 0 Å². The van der Waals surface area contributed by atoms with Gasteiger partial charge in [0.2, 0.25) is 41.4 Å². The maximum atomic E-state index is 14.2. The minimum atomic E-state index is -1.02. The van der Waals surface area contributed by atoms with Crippen LogP contribution in [0.25, 0.3) is 0 Å². The third-order valence-corrected chi connectivity index (χ3v) is 14.5. The van der Waals surface area contributed by atoms with E-state index in [1.54, 1.807) is 63.9 Å². The number of methoxy groups -OCH3 is 2. The lowest BCUT2D eigenvalue weighted by Crippen LogP contribution is -2.56. The van der Waals surface area contributed by atoms with Gasteiger partial charge in [0.15, 0.2) is 5.78 Å². The molecule has 78 heavy (non-hydrogen) atoms. The van der Waals surface area contributed by atoms with Crippen molar-refractivity contribution in [1.82, 2.24) is 36.0 Å². The molecule has 9 atom stereocenters. The molecule has 0 saturated carbocycles. The lowest BCUT2D eigenvalue weighted by atomic mass is 9.90. The summed E-state index contributed by atoms with van der Waals surface area (Å²) in [4.78, 5) is 124. The van der Waals surface area contributed by atoms with Crippen molar-refractivity contribution < 1.29 is 61.8 Å². The largest absolute Gasteiger partial charge is 0.445 e. The molecule has 3 unspecified atom stereocenters. The molecule has 5 N–H and O–H groups in total. The quantitative estimate of drug-likeness (QED) is 0.0456. The monoisotopic (exact) mass is 1090 g/mol. The number of ether oxygens (including phenoxy) is 3. The highest BCUT2D eigenvalue weighted by atomic mass is 19.1. The Hall–Kier alpha value is -6.48. The molecule has 0 bridgehead atoms. The number of ketones is 1. The van der Waals surface area contributed by atoms with Crippen LogP contribution in [0.15, 0.2) is 48.5 Å². The molecule has 1 aliphatic rings. The summed E-state index contributed by atoms with van der Waals surface area (Å²) in [5.74, 6) is -5.27. The van der Waals surface area contributed by atoms with Gasteiger partial charge in [-0.05, 0) is 85.9 Å². The summed E-state index contributed by atoms with van der Waals surface area (Å²) >= 11 is 0. The van der Waals surface area contributed by atoms with E-state index in [9.17, 15) is 47.5 Å². The number of likely N-dealkylation sites (N-methyl/N-ethyl adjacent to an activating group) is 2. The van der Waals surface area contributed by atoms with Crippen molar-refractivity contribution in [3.05, 3.63) is 65.5 Å². The Labute approximate surface area is 460 Å². The Bertz CT molecular complexity index is 2320. The fraction of sp³-hybridized carbons (Fsp3) is 0.632. The Morgan fingerprint density at radius 1 is 0.744 bits per heavy atom. The second-order valence-corrected chi connectivity index (χ2v) is 21.0. The van der Waals surface area contributed by atoms with Gasteiger partial charge in [-0.3, -0.25) is 43.3 Å². The number of benzene rings is 2. The highest BCUT2D eigenvalue weighted by Gasteiger charge is 2.43. The van der Waals surface area contributed by atoms with Gasteiger partial charge in [-0.2, -0.15) is 0 Å². The van der Waals surface area contributed by atoms with Crippen molar-refractivity contribution in [2.45, 2.75) is 163 Å². The first-order valence-electron chi connectivity index (χ1n) is 27.2. The molecule has 21 heteroatoms. The van der Waals surface area contributed by atoms with E-state index in [4.69, 9.17) is 14.2 Å². The molecule has 0 aliphatic carbocycles. The molecule has 3 rings (SSSR count). The number of amides is 8. The first-order chi connectivity index (χ1) is 36.9. The molecule has 0 aromatic heterocycles. The first-order valence-corrected chi connectivity index (χ1v) is 27.2. The van der Waals surface area contributed by atoms with Crippen molar-refractivity contribution in [2.75, 3.05) is 53.3 Å². The van der Waals surface area contributed by atoms with Gasteiger partial charge in [0.1, 0.15) is 24.5 Å². The van der Waals surface area contributed by atoms with Crippen molar-refractivity contribution in [3.63, 3.8) is 0 Å². The van der Waals surface area contributed by atoms with Crippen LogP contribution in [0, 0.1) is 29.5 Å². The van der Waals surface area contributed by atoms with Crippen molar-refractivity contribution >= 4 is 58.9 Å². The topological polar surface area (TPSA) is 251 Å². The van der Waals surface area contributed by atoms with E-state index < -0.39 is 102 Å². The molecule has 8 amide bonds. The number of carbonyl (C=O) groups excluding carboxylic acids is 9. The number of nitrogens with one attached hydrogen (secondary N) is 5. The van der Waals surface area contributed by atoms with E-state index >= 15 is 0 Å². The minimum Gasteiger partial charge on any atom is -0.445 e. The second kappa shape index (κ2) is 32.4. The normalized spacial score (nSPS) is 16.4. The fourth-order valence-electron chi connectivity index (χ4n) is 9.76. The van der Waals surface area contributed by atoms with Crippen LogP contribution in [0.3, 0.4) is 0 Å². The van der Waals surface area contributed by atoms with Crippen LogP contribution in [-0.4, -0.2) is 158 Å². The zero-order valence-electron chi connectivity index (χ0n) is 48.1. The molecule has 1 saturated heterocycles. The fourth-order valence-corrected chi connectivity index (χ4v) is 9.76. The third kappa shape index (κ3) is 19.5. The molecular formula is C57H87FN8O12. The SMILES string of the molecule is CCCCCC(=O)NC(C(=O)NCC(=O)Nc1ccc(COC(=O)N(C)C(C(=O)NCC(=O)N(C)C([C@@H](C)CC)[C@@H](CC(=O)N2CCC[C@H]2[C@H](OC)[C@@H](C)C(=O)N[C@@H](C)C(=O)c2ccc(F)cc2)OC)C(C)C)cc1)C(C)C. The Kier molecular flexibility index (Phi) is 27.4. The predicted molar refractivity (Wildman–Crippen MR) is 293 cm³/mol. The average molecular weight is 1100 g/mol. The molecule has 20 nitrogen and oxygen atoms in total. The number of nitrogens with zero attached hydrogens (tertiary/aromatic N) is 3. The van der Waals surface area contributed by atoms with Gasteiger partial charge in [0.25, 0.3) is 0 Å². The van der Waals surface area contributed by atoms with Crippen LogP contribution >= 0.6 is 0 Å². The van der Waals surface area contributed by atoms with Crippen LogP contribution in [0.1, 0.15) is 130 Å². The molecule has 2 aromatic rings. The van der Waals surface area contributed by atoms with E-state index in [0.29, 0.717) is 43.5 Å². The number of hydrogen-bond acceptors (Lipinski definition) is 12. The summed E-state index contributed by atoms with van der Waals surface area (Å²) in [6, 6.07) is 7.79. The molecule has 1 fully saturated rings. The van der Waals surface area contributed by atoms with Gasteiger partial charge >= 0.3 is 6.09 Å². The number of halogens is 1. The van der Waals surface area contributed by atoms with Gasteiger partial charge in [-0.25, -0.2) is 9.18 Å². The summed E-state index contributed by atoms with van der Waals surface area (Å²) in [5, 5.41) is 13.5. The number of unbranched alkanes of at least 4 members (excludes halogenated alkanes) is 2. The first kappa shape index (κ1) is 65.8. The van der Waals surface area contributed by atoms with Crippen LogP contribution in [0.2, 0.25) is 0 Å². The Balaban J connectivity index is 1.57. The van der Waals surface area contributed by atoms with Gasteiger partial charge < -0.3 is 50.6 Å². The van der Waals surface area contributed by atoms with Gasteiger partial charge in [-0.1, -0.05) is 86.8 Å². The Morgan fingerprint density at radius 3 is 1.96 bits per heavy atom. The second-order valence-electron chi connectivity index (χ2n) is 21.0. The number of anilines is 1. The van der Waals surface area contributed by atoms with E-state index in [1.807, 2.05) is 34.6 Å². The number of rotatable bonds is 31. The number of hydrogen-bond donors (Lipinski definition) is 5. The van der Waals surface area contributed by atoms with E-state index in [0.717, 1.165) is 24.2 Å². The zero-order valence-corrected chi connectivity index (χ0v) is 48.1. The van der Waals surface area contributed by atoms with Crippen LogP contribution in [0.4, 0.5) is 14.9 Å². The maximum absolute atomic E-state index is 14.2. The average Bonchev–Trinajstić information content (AvgIpc) is 3.90. The summed E-state index contributed by atoms with van der Waals surface area (Å²) in [6.45, 7) is 15.8. The lowest BCUT2D eigenvalue weighted by Gasteiger charge is -2.39. The third-order valence-electron chi connectivity index (χ3n) is 14.5. The lowest BCUT2D eigenvalue weighted by molar-refractivity contribution is -0.146. The van der Waals surface area contributed by atoms with E-state index in [1.165, 1.54) is 50.4 Å². The van der Waals surface area contributed by atoms with E-state index in [2.05, 4.69) is 26.6 Å². The molecule has 434 valence electrons. The van der Waals surface area contributed by atoms with Gasteiger partial charge in [-0.15, -0.1) is 0 Å². The van der Waals surface area contributed by atoms with Gasteiger partial charge in [0.05, 0.1) is 55.8 Å². The predicted octanol–water partition coefficient (Wildman–Crippen LogP) is 5.62. The number of likely N-dealkylation sites (tertiary alicyclic amines) is 1. The highest BCUT2D eigenvalue weighted by Crippen LogP contribution is 2.30. The molecule has 1 heterocycles. The molecule has 0 spiro atoms. The summed E-state index contributed by atoms with van der Waals surface area (Å²) < 4.78 is 30.9. The molecule has 1 aliphatic heterocycles.